The zero-order valence-corrected chi connectivity index (χ0v) is 14.6. The average Bonchev–Trinajstić information content (AvgIpc) is 2.60. The first-order chi connectivity index (χ1) is 11.8. The van der Waals surface area contributed by atoms with Gasteiger partial charge in [-0.25, -0.2) is 0 Å². The maximum Gasteiger partial charge on any atom is 0.157 e. The van der Waals surface area contributed by atoms with Crippen LogP contribution in [0.25, 0.3) is 0 Å². The first-order valence-corrected chi connectivity index (χ1v) is 8.64. The van der Waals surface area contributed by atoms with Crippen molar-refractivity contribution in [1.82, 2.24) is 0 Å². The van der Waals surface area contributed by atoms with Crippen molar-refractivity contribution < 1.29 is 39.0 Å². The molecule has 0 aliphatic carbocycles. The molecular weight excluding hydrogens is 320 g/mol. The van der Waals surface area contributed by atoms with Crippen LogP contribution in [0.4, 0.5) is 0 Å². The number of hydrogen-bond donors (Lipinski definition) is 3. The zero-order valence-electron chi connectivity index (χ0n) is 14.6. The van der Waals surface area contributed by atoms with Gasteiger partial charge in [-0.1, -0.05) is 0 Å². The number of rotatable bonds is 20. The van der Waals surface area contributed by atoms with E-state index in [0.717, 1.165) is 12.8 Å². The van der Waals surface area contributed by atoms with E-state index < -0.39 is 0 Å². The van der Waals surface area contributed by atoms with E-state index in [2.05, 4.69) is 0 Å². The van der Waals surface area contributed by atoms with E-state index in [1.54, 1.807) is 0 Å². The van der Waals surface area contributed by atoms with Crippen LogP contribution in [0.1, 0.15) is 25.7 Å². The number of hydrogen-bond acceptors (Lipinski definition) is 8. The van der Waals surface area contributed by atoms with Crippen LogP contribution in [0.3, 0.4) is 0 Å². The summed E-state index contributed by atoms with van der Waals surface area (Å²) in [6.07, 6.45) is 2.65. The van der Waals surface area contributed by atoms with Crippen LogP contribution < -0.4 is 0 Å². The maximum atomic E-state index is 8.90. The largest absolute Gasteiger partial charge is 0.396 e. The molecule has 0 spiro atoms. The molecule has 3 N–H and O–H groups in total. The van der Waals surface area contributed by atoms with Crippen LogP contribution in [0.2, 0.25) is 0 Å². The van der Waals surface area contributed by atoms with Gasteiger partial charge in [-0.2, -0.15) is 0 Å². The Morgan fingerprint density at radius 1 is 0.500 bits per heavy atom. The van der Waals surface area contributed by atoms with Gasteiger partial charge in [0.1, 0.15) is 0 Å². The van der Waals surface area contributed by atoms with Gasteiger partial charge < -0.3 is 39.0 Å². The quantitative estimate of drug-likeness (QED) is 0.206. The maximum absolute atomic E-state index is 8.90. The predicted octanol–water partition coefficient (Wildman–Crippen LogP) is -0.0672. The van der Waals surface area contributed by atoms with Crippen molar-refractivity contribution in [2.75, 3.05) is 72.7 Å². The smallest absolute Gasteiger partial charge is 0.157 e. The second-order valence-corrected chi connectivity index (χ2v) is 5.03. The lowest BCUT2D eigenvalue weighted by Gasteiger charge is -2.18. The normalized spacial score (nSPS) is 12.6. The van der Waals surface area contributed by atoms with Gasteiger partial charge in [-0.15, -0.1) is 0 Å². The fraction of sp³-hybridized carbons (Fsp3) is 1.00. The molecule has 1 atom stereocenters. The van der Waals surface area contributed by atoms with Crippen LogP contribution in [0.5, 0.6) is 0 Å². The Morgan fingerprint density at radius 2 is 1.04 bits per heavy atom. The molecule has 0 rings (SSSR count). The number of ether oxygens (including phenoxy) is 5. The molecule has 1 unspecified atom stereocenters. The van der Waals surface area contributed by atoms with Crippen molar-refractivity contribution in [3.8, 4) is 0 Å². The standard InChI is InChI=1S/C16H34O8/c17-5-3-4-16(24-15-14-22-11-7-19)23-9-2-1-8-20-12-13-21-10-6-18/h16-19H,1-15H2. The molecule has 0 saturated carbocycles. The van der Waals surface area contributed by atoms with E-state index >= 15 is 0 Å². The Labute approximate surface area is 144 Å². The van der Waals surface area contributed by atoms with Gasteiger partial charge >= 0.3 is 0 Å². The number of aliphatic hydroxyl groups excluding tert-OH is 3. The van der Waals surface area contributed by atoms with E-state index in [9.17, 15) is 0 Å². The minimum absolute atomic E-state index is 0.0000713. The minimum Gasteiger partial charge on any atom is -0.396 e. The summed E-state index contributed by atoms with van der Waals surface area (Å²) in [4.78, 5) is 0. The van der Waals surface area contributed by atoms with Gasteiger partial charge in [0.25, 0.3) is 0 Å². The summed E-state index contributed by atoms with van der Waals surface area (Å²) in [5.74, 6) is 0. The Balaban J connectivity index is 3.49. The molecule has 0 heterocycles. The Morgan fingerprint density at radius 3 is 1.67 bits per heavy atom. The highest BCUT2D eigenvalue weighted by molar-refractivity contribution is 4.48. The summed E-state index contributed by atoms with van der Waals surface area (Å²) in [5.41, 5.74) is 0. The topological polar surface area (TPSA) is 107 Å². The lowest BCUT2D eigenvalue weighted by atomic mass is 10.3. The van der Waals surface area contributed by atoms with Gasteiger partial charge in [0, 0.05) is 26.2 Å². The molecule has 0 amide bonds. The van der Waals surface area contributed by atoms with Crippen molar-refractivity contribution in [2.45, 2.75) is 32.0 Å². The lowest BCUT2D eigenvalue weighted by Crippen LogP contribution is -2.21. The molecule has 0 aromatic heterocycles. The second-order valence-electron chi connectivity index (χ2n) is 5.03. The number of unbranched alkanes of at least 4 members (excludes halogenated alkanes) is 1. The van der Waals surface area contributed by atoms with E-state index in [-0.39, 0.29) is 26.1 Å². The molecule has 0 bridgehead atoms. The van der Waals surface area contributed by atoms with Crippen LogP contribution in [-0.4, -0.2) is 94.3 Å². The van der Waals surface area contributed by atoms with Crippen molar-refractivity contribution in [2.24, 2.45) is 0 Å². The second kappa shape index (κ2) is 20.7. The third-order valence-electron chi connectivity index (χ3n) is 2.96. The summed E-state index contributed by atoms with van der Waals surface area (Å²) in [6, 6.07) is 0. The molecule has 0 aliphatic heterocycles. The summed E-state index contributed by atoms with van der Waals surface area (Å²) < 4.78 is 26.8. The first-order valence-electron chi connectivity index (χ1n) is 8.64. The molecule has 0 aromatic carbocycles. The van der Waals surface area contributed by atoms with Crippen LogP contribution in [0.15, 0.2) is 0 Å². The highest BCUT2D eigenvalue weighted by atomic mass is 16.7. The molecule has 24 heavy (non-hydrogen) atoms. The molecule has 146 valence electrons. The van der Waals surface area contributed by atoms with Crippen LogP contribution in [0, 0.1) is 0 Å². The SMILES string of the molecule is OCCCC(OCCCCOCCOCCO)OCCOCCO. The third kappa shape index (κ3) is 18.0. The van der Waals surface area contributed by atoms with Gasteiger partial charge in [-0.05, 0) is 19.3 Å². The fourth-order valence-electron chi connectivity index (χ4n) is 1.79. The zero-order chi connectivity index (χ0) is 17.7. The highest BCUT2D eigenvalue weighted by Crippen LogP contribution is 2.06. The van der Waals surface area contributed by atoms with Crippen molar-refractivity contribution in [3.05, 3.63) is 0 Å². The highest BCUT2D eigenvalue weighted by Gasteiger charge is 2.09. The van der Waals surface area contributed by atoms with E-state index in [1.165, 1.54) is 0 Å². The Kier molecular flexibility index (Phi) is 20.4. The van der Waals surface area contributed by atoms with Gasteiger partial charge in [0.15, 0.2) is 6.29 Å². The summed E-state index contributed by atoms with van der Waals surface area (Å²) in [6.45, 7) is 3.82. The molecule has 0 radical (unpaired) electrons. The molecule has 0 aromatic rings. The minimum atomic E-state index is -0.345. The Hall–Kier alpha value is -0.320. The molecule has 0 fully saturated rings. The summed E-state index contributed by atoms with van der Waals surface area (Å²) in [7, 11) is 0. The molecule has 8 nitrogen and oxygen atoms in total. The van der Waals surface area contributed by atoms with Gasteiger partial charge in [0.05, 0.1) is 52.9 Å². The van der Waals surface area contributed by atoms with Crippen molar-refractivity contribution >= 4 is 0 Å². The summed E-state index contributed by atoms with van der Waals surface area (Å²) >= 11 is 0. The van der Waals surface area contributed by atoms with E-state index in [0.29, 0.717) is 65.7 Å². The Bertz CT molecular complexity index is 230. The van der Waals surface area contributed by atoms with E-state index in [4.69, 9.17) is 39.0 Å². The van der Waals surface area contributed by atoms with Crippen molar-refractivity contribution in [3.63, 3.8) is 0 Å². The van der Waals surface area contributed by atoms with Crippen LogP contribution >= 0.6 is 0 Å². The van der Waals surface area contributed by atoms with Gasteiger partial charge in [-0.3, -0.25) is 0 Å². The summed E-state index contributed by atoms with van der Waals surface area (Å²) in [5, 5.41) is 26.0. The third-order valence-corrected chi connectivity index (χ3v) is 2.96. The lowest BCUT2D eigenvalue weighted by molar-refractivity contribution is -0.156. The molecule has 0 aliphatic rings. The van der Waals surface area contributed by atoms with E-state index in [1.807, 2.05) is 0 Å². The predicted molar refractivity (Wildman–Crippen MR) is 87.9 cm³/mol. The molecule has 8 heteroatoms. The number of aliphatic hydroxyl groups is 3. The van der Waals surface area contributed by atoms with Crippen LogP contribution in [-0.2, 0) is 23.7 Å². The molecule has 0 saturated heterocycles. The average molecular weight is 354 g/mol. The molecular formula is C16H34O8. The first kappa shape index (κ1) is 23.7. The fourth-order valence-corrected chi connectivity index (χ4v) is 1.79. The van der Waals surface area contributed by atoms with Crippen molar-refractivity contribution in [1.29, 1.82) is 0 Å². The van der Waals surface area contributed by atoms with Gasteiger partial charge in [0.2, 0.25) is 0 Å². The monoisotopic (exact) mass is 354 g/mol.